The Kier molecular flexibility index (Phi) is 6.56. The van der Waals surface area contributed by atoms with E-state index in [0.29, 0.717) is 35.0 Å². The number of amides is 1. The first-order valence-corrected chi connectivity index (χ1v) is 11.2. The van der Waals surface area contributed by atoms with Crippen molar-refractivity contribution < 1.29 is 27.5 Å². The molecule has 8 nitrogen and oxygen atoms in total. The third-order valence-electron chi connectivity index (χ3n) is 4.69. The zero-order valence-corrected chi connectivity index (χ0v) is 17.7. The Bertz CT molecular complexity index is 984. The minimum atomic E-state index is -3.70. The normalized spacial score (nSPS) is 17.5. The SMILES string of the molecule is COC(=O)c1ccc(NC(=O)C2CCCN(S(=O)(=O)c3ccc(OC)cc3)C2)s1. The fourth-order valence-electron chi connectivity index (χ4n) is 3.11. The lowest BCUT2D eigenvalue weighted by Crippen LogP contribution is -2.43. The van der Waals surface area contributed by atoms with E-state index in [1.807, 2.05) is 0 Å². The summed E-state index contributed by atoms with van der Waals surface area (Å²) in [6.45, 7) is 0.471. The second-order valence-electron chi connectivity index (χ2n) is 6.52. The lowest BCUT2D eigenvalue weighted by atomic mass is 9.99. The number of methoxy groups -OCH3 is 2. The predicted octanol–water partition coefficient (Wildman–Crippen LogP) is 2.58. The van der Waals surface area contributed by atoms with Crippen LogP contribution < -0.4 is 10.1 Å². The van der Waals surface area contributed by atoms with Gasteiger partial charge >= 0.3 is 5.97 Å². The molecule has 3 rings (SSSR count). The maximum absolute atomic E-state index is 12.9. The molecule has 1 aliphatic rings. The van der Waals surface area contributed by atoms with E-state index in [0.717, 1.165) is 11.3 Å². The average molecular weight is 439 g/mol. The highest BCUT2D eigenvalue weighted by molar-refractivity contribution is 7.89. The number of ether oxygens (including phenoxy) is 2. The van der Waals surface area contributed by atoms with Gasteiger partial charge in [0.15, 0.2) is 0 Å². The van der Waals surface area contributed by atoms with Gasteiger partial charge in [-0.15, -0.1) is 11.3 Å². The van der Waals surface area contributed by atoms with Crippen molar-refractivity contribution in [3.63, 3.8) is 0 Å². The molecule has 0 aliphatic carbocycles. The van der Waals surface area contributed by atoms with Crippen molar-refractivity contribution >= 4 is 38.2 Å². The number of carbonyl (C=O) groups is 2. The number of rotatable bonds is 6. The van der Waals surface area contributed by atoms with Crippen molar-refractivity contribution in [1.29, 1.82) is 0 Å². The van der Waals surface area contributed by atoms with Gasteiger partial charge < -0.3 is 14.8 Å². The number of carbonyl (C=O) groups excluding carboxylic acids is 2. The van der Waals surface area contributed by atoms with E-state index in [1.54, 1.807) is 24.3 Å². The fourth-order valence-corrected chi connectivity index (χ4v) is 5.46. The van der Waals surface area contributed by atoms with Crippen LogP contribution in [0.4, 0.5) is 5.00 Å². The summed E-state index contributed by atoms with van der Waals surface area (Å²) in [5.41, 5.74) is 0. The summed E-state index contributed by atoms with van der Waals surface area (Å²) in [6, 6.07) is 9.39. The molecule has 29 heavy (non-hydrogen) atoms. The van der Waals surface area contributed by atoms with E-state index >= 15 is 0 Å². The van der Waals surface area contributed by atoms with Gasteiger partial charge in [-0.2, -0.15) is 4.31 Å². The topological polar surface area (TPSA) is 102 Å². The maximum Gasteiger partial charge on any atom is 0.348 e. The number of anilines is 1. The molecular formula is C19H22N2O6S2. The number of esters is 1. The summed E-state index contributed by atoms with van der Waals surface area (Å²) in [5, 5.41) is 3.29. The second-order valence-corrected chi connectivity index (χ2v) is 9.54. The molecule has 1 aromatic heterocycles. The van der Waals surface area contributed by atoms with Crippen LogP contribution in [0.3, 0.4) is 0 Å². The largest absolute Gasteiger partial charge is 0.497 e. The van der Waals surface area contributed by atoms with E-state index in [1.165, 1.54) is 30.7 Å². The Morgan fingerprint density at radius 1 is 1.14 bits per heavy atom. The fraction of sp³-hybridized carbons (Fsp3) is 0.368. The van der Waals surface area contributed by atoms with Crippen LogP contribution in [0.1, 0.15) is 22.5 Å². The maximum atomic E-state index is 12.9. The van der Waals surface area contributed by atoms with Crippen LogP contribution in [0.15, 0.2) is 41.3 Å². The monoisotopic (exact) mass is 438 g/mol. The van der Waals surface area contributed by atoms with Crippen LogP contribution in [0.5, 0.6) is 5.75 Å². The lowest BCUT2D eigenvalue weighted by molar-refractivity contribution is -0.120. The number of piperidine rings is 1. The molecule has 2 heterocycles. The summed E-state index contributed by atoms with van der Waals surface area (Å²) in [5.74, 6) is -0.634. The van der Waals surface area contributed by atoms with Crippen LogP contribution in [0.25, 0.3) is 0 Å². The van der Waals surface area contributed by atoms with E-state index < -0.39 is 21.9 Å². The number of thiophene rings is 1. The molecule has 1 unspecified atom stereocenters. The number of benzene rings is 1. The first kappa shape index (κ1) is 21.3. The highest BCUT2D eigenvalue weighted by atomic mass is 32.2. The van der Waals surface area contributed by atoms with Crippen molar-refractivity contribution in [1.82, 2.24) is 4.31 Å². The van der Waals surface area contributed by atoms with E-state index in [9.17, 15) is 18.0 Å². The van der Waals surface area contributed by atoms with Crippen molar-refractivity contribution in [3.8, 4) is 5.75 Å². The average Bonchev–Trinajstić information content (AvgIpc) is 3.21. The van der Waals surface area contributed by atoms with E-state index in [2.05, 4.69) is 10.1 Å². The summed E-state index contributed by atoms with van der Waals surface area (Å²) in [4.78, 5) is 24.7. The van der Waals surface area contributed by atoms with E-state index in [-0.39, 0.29) is 17.3 Å². The van der Waals surface area contributed by atoms with Gasteiger partial charge in [-0.3, -0.25) is 4.79 Å². The molecule has 1 amide bonds. The minimum Gasteiger partial charge on any atom is -0.497 e. The zero-order chi connectivity index (χ0) is 21.0. The third-order valence-corrected chi connectivity index (χ3v) is 7.55. The van der Waals surface area contributed by atoms with Crippen LogP contribution in [0.2, 0.25) is 0 Å². The molecule has 10 heteroatoms. The number of sulfonamides is 1. The molecule has 0 radical (unpaired) electrons. The Balaban J connectivity index is 1.68. The van der Waals surface area contributed by atoms with Crippen molar-refractivity contribution in [2.75, 3.05) is 32.6 Å². The first-order chi connectivity index (χ1) is 13.8. The van der Waals surface area contributed by atoms with Crippen molar-refractivity contribution in [2.45, 2.75) is 17.7 Å². The molecule has 0 saturated carbocycles. The van der Waals surface area contributed by atoms with Gasteiger partial charge in [-0.05, 0) is 49.2 Å². The molecule has 1 aromatic carbocycles. The standard InChI is InChI=1S/C19H22N2O6S2/c1-26-14-5-7-15(8-6-14)29(24,25)21-11-3-4-13(12-21)18(22)20-17-10-9-16(28-17)19(23)27-2/h5-10,13H,3-4,11-12H2,1-2H3,(H,20,22). The molecule has 1 atom stereocenters. The number of hydrogen-bond donors (Lipinski definition) is 1. The molecule has 2 aromatic rings. The van der Waals surface area contributed by atoms with Gasteiger partial charge in [0.25, 0.3) is 0 Å². The highest BCUT2D eigenvalue weighted by Crippen LogP contribution is 2.27. The third kappa shape index (κ3) is 4.77. The molecular weight excluding hydrogens is 416 g/mol. The molecule has 1 N–H and O–H groups in total. The Hall–Kier alpha value is -2.43. The Morgan fingerprint density at radius 2 is 1.86 bits per heavy atom. The number of nitrogens with one attached hydrogen (secondary N) is 1. The molecule has 156 valence electrons. The summed E-state index contributed by atoms with van der Waals surface area (Å²) in [7, 11) is -0.893. The highest BCUT2D eigenvalue weighted by Gasteiger charge is 2.33. The molecule has 1 saturated heterocycles. The van der Waals surface area contributed by atoms with Gasteiger partial charge in [-0.1, -0.05) is 0 Å². The second kappa shape index (κ2) is 8.93. The number of nitrogens with zero attached hydrogens (tertiary/aromatic N) is 1. The van der Waals surface area contributed by atoms with Crippen LogP contribution in [-0.2, 0) is 19.6 Å². The smallest absolute Gasteiger partial charge is 0.348 e. The zero-order valence-electron chi connectivity index (χ0n) is 16.1. The molecule has 1 fully saturated rings. The lowest BCUT2D eigenvalue weighted by Gasteiger charge is -2.31. The first-order valence-electron chi connectivity index (χ1n) is 8.98. The molecule has 1 aliphatic heterocycles. The molecule has 0 spiro atoms. The predicted molar refractivity (Wildman–Crippen MR) is 109 cm³/mol. The minimum absolute atomic E-state index is 0.107. The van der Waals surface area contributed by atoms with Crippen LogP contribution in [0, 0.1) is 5.92 Å². The van der Waals surface area contributed by atoms with Gasteiger partial charge in [0.2, 0.25) is 15.9 Å². The van der Waals surface area contributed by atoms with E-state index in [4.69, 9.17) is 4.74 Å². The van der Waals surface area contributed by atoms with Gasteiger partial charge in [0.1, 0.15) is 10.6 Å². The quantitative estimate of drug-likeness (QED) is 0.696. The summed E-state index contributed by atoms with van der Waals surface area (Å²) < 4.78 is 36.9. The van der Waals surface area contributed by atoms with Crippen molar-refractivity contribution in [3.05, 3.63) is 41.3 Å². The van der Waals surface area contributed by atoms with Crippen LogP contribution in [-0.4, -0.2) is 51.9 Å². The summed E-state index contributed by atoms with van der Waals surface area (Å²) in [6.07, 6.45) is 1.18. The molecule has 0 bridgehead atoms. The van der Waals surface area contributed by atoms with Gasteiger partial charge in [-0.25, -0.2) is 13.2 Å². The summed E-state index contributed by atoms with van der Waals surface area (Å²) >= 11 is 1.11. The van der Waals surface area contributed by atoms with Crippen molar-refractivity contribution in [2.24, 2.45) is 5.92 Å². The van der Waals surface area contributed by atoms with Crippen LogP contribution >= 0.6 is 11.3 Å². The Labute approximate surface area is 173 Å². The number of hydrogen-bond acceptors (Lipinski definition) is 7. The van der Waals surface area contributed by atoms with Gasteiger partial charge in [0, 0.05) is 13.1 Å². The Morgan fingerprint density at radius 3 is 2.52 bits per heavy atom. The van der Waals surface area contributed by atoms with Gasteiger partial charge in [0.05, 0.1) is 30.0 Å².